The first-order valence-electron chi connectivity index (χ1n) is 8.53. The maximum Gasteiger partial charge on any atom is 0.271 e. The first kappa shape index (κ1) is 17.3. The van der Waals surface area contributed by atoms with Gasteiger partial charge in [-0.25, -0.2) is 4.98 Å². The Labute approximate surface area is 145 Å². The minimum atomic E-state index is -0.342. The Morgan fingerprint density at radius 1 is 1.36 bits per heavy atom. The van der Waals surface area contributed by atoms with Crippen LogP contribution in [0.3, 0.4) is 0 Å². The Morgan fingerprint density at radius 3 is 2.92 bits per heavy atom. The van der Waals surface area contributed by atoms with Gasteiger partial charge in [-0.2, -0.15) is 0 Å². The van der Waals surface area contributed by atoms with Crippen LogP contribution in [0.5, 0.6) is 0 Å². The summed E-state index contributed by atoms with van der Waals surface area (Å²) in [6.45, 7) is 6.69. The van der Waals surface area contributed by atoms with E-state index < -0.39 is 0 Å². The lowest BCUT2D eigenvalue weighted by molar-refractivity contribution is 0.0923. The molecule has 0 aliphatic carbocycles. The minimum Gasteiger partial charge on any atom is -0.341 e. The summed E-state index contributed by atoms with van der Waals surface area (Å²) in [5, 5.41) is 15.0. The van der Waals surface area contributed by atoms with E-state index in [2.05, 4.69) is 49.2 Å². The lowest BCUT2D eigenvalue weighted by Gasteiger charge is -2.21. The Balaban J connectivity index is 1.85. The maximum atomic E-state index is 12.5. The van der Waals surface area contributed by atoms with Crippen LogP contribution in [0.2, 0.25) is 0 Å². The summed E-state index contributed by atoms with van der Waals surface area (Å²) >= 11 is 0. The van der Waals surface area contributed by atoms with Gasteiger partial charge in [0.25, 0.3) is 11.5 Å². The van der Waals surface area contributed by atoms with E-state index in [1.807, 2.05) is 0 Å². The fourth-order valence-electron chi connectivity index (χ4n) is 2.95. The van der Waals surface area contributed by atoms with Gasteiger partial charge in [0.15, 0.2) is 5.82 Å². The van der Waals surface area contributed by atoms with E-state index >= 15 is 0 Å². The third-order valence-electron chi connectivity index (χ3n) is 4.12. The molecular weight excluding hydrogens is 322 g/mol. The number of hydrogen-bond acceptors (Lipinski definition) is 6. The average molecular weight is 345 g/mol. The summed E-state index contributed by atoms with van der Waals surface area (Å²) < 4.78 is 2.09. The number of aromatic nitrogens is 5. The molecule has 9 nitrogen and oxygen atoms in total. The highest BCUT2D eigenvalue weighted by Gasteiger charge is 2.25. The highest BCUT2D eigenvalue weighted by atomic mass is 16.2. The van der Waals surface area contributed by atoms with E-state index in [9.17, 15) is 9.59 Å². The van der Waals surface area contributed by atoms with Gasteiger partial charge in [-0.3, -0.25) is 9.59 Å². The quantitative estimate of drug-likeness (QED) is 0.703. The second kappa shape index (κ2) is 7.56. The zero-order valence-electron chi connectivity index (χ0n) is 14.5. The van der Waals surface area contributed by atoms with E-state index in [-0.39, 0.29) is 23.2 Å². The van der Waals surface area contributed by atoms with Crippen molar-refractivity contribution in [2.75, 3.05) is 13.1 Å². The number of nitrogens with one attached hydrogen (secondary N) is 3. The van der Waals surface area contributed by atoms with Crippen LogP contribution < -0.4 is 16.2 Å². The molecule has 1 amide bonds. The number of carbonyl (C=O) groups excluding carboxylic acids is 1. The molecule has 134 valence electrons. The number of carbonyl (C=O) groups is 1. The third-order valence-corrected chi connectivity index (χ3v) is 4.12. The number of aromatic amines is 1. The number of fused-ring (bicyclic) bond motifs is 1. The lowest BCUT2D eigenvalue weighted by atomic mass is 10.0. The van der Waals surface area contributed by atoms with Gasteiger partial charge in [0.2, 0.25) is 0 Å². The Kier molecular flexibility index (Phi) is 5.22. The number of nitrogens with zero attached hydrogens (tertiary/aromatic N) is 4. The highest BCUT2D eigenvalue weighted by molar-refractivity contribution is 5.92. The van der Waals surface area contributed by atoms with Gasteiger partial charge in [0.05, 0.1) is 12.2 Å². The molecule has 1 atom stereocenters. The number of H-pyrrole nitrogens is 1. The van der Waals surface area contributed by atoms with Crippen LogP contribution in [0.15, 0.2) is 17.2 Å². The molecule has 0 bridgehead atoms. The molecule has 0 saturated heterocycles. The molecule has 0 unspecified atom stereocenters. The number of amides is 1. The summed E-state index contributed by atoms with van der Waals surface area (Å²) in [7, 11) is 0. The standard InChI is InChI=1S/C16H23N7O2/c1-10(2)7-11(20-16(25)12-8-19-14(24)9-18-12)15-22-21-13-3-4-17-5-6-23(13)15/h8-11,17H,3-7H2,1-2H3,(H,19,24)(H,20,25)/t11-/m1/s1. The average Bonchev–Trinajstić information content (AvgIpc) is 2.83. The molecule has 0 aromatic carbocycles. The zero-order valence-corrected chi connectivity index (χ0v) is 14.5. The van der Waals surface area contributed by atoms with Crippen molar-refractivity contribution in [1.82, 2.24) is 35.4 Å². The predicted octanol–water partition coefficient (Wildman–Crippen LogP) is 0.0243. The molecule has 3 N–H and O–H groups in total. The van der Waals surface area contributed by atoms with Gasteiger partial charge in [-0.15, -0.1) is 10.2 Å². The molecule has 25 heavy (non-hydrogen) atoms. The summed E-state index contributed by atoms with van der Waals surface area (Å²) in [5.41, 5.74) is -0.170. The number of hydrogen-bond donors (Lipinski definition) is 3. The monoisotopic (exact) mass is 345 g/mol. The van der Waals surface area contributed by atoms with E-state index in [0.29, 0.717) is 5.92 Å². The predicted molar refractivity (Wildman–Crippen MR) is 91.1 cm³/mol. The molecule has 3 heterocycles. The maximum absolute atomic E-state index is 12.5. The molecule has 3 rings (SSSR count). The van der Waals surface area contributed by atoms with Crippen LogP contribution >= 0.6 is 0 Å². The van der Waals surface area contributed by atoms with Crippen molar-refractivity contribution in [3.63, 3.8) is 0 Å². The molecule has 2 aromatic rings. The normalized spacial score (nSPS) is 15.5. The molecule has 0 fully saturated rings. The van der Waals surface area contributed by atoms with Crippen LogP contribution in [0.25, 0.3) is 0 Å². The van der Waals surface area contributed by atoms with Gasteiger partial charge in [0, 0.05) is 32.3 Å². The fraction of sp³-hybridized carbons (Fsp3) is 0.562. The van der Waals surface area contributed by atoms with Gasteiger partial charge >= 0.3 is 0 Å². The van der Waals surface area contributed by atoms with Gasteiger partial charge in [-0.05, 0) is 12.3 Å². The molecule has 1 aliphatic rings. The van der Waals surface area contributed by atoms with Crippen LogP contribution in [0.4, 0.5) is 0 Å². The molecule has 0 saturated carbocycles. The zero-order chi connectivity index (χ0) is 17.8. The Bertz CT molecular complexity index is 776. The van der Waals surface area contributed by atoms with Crippen molar-refractivity contribution >= 4 is 5.91 Å². The topological polar surface area (TPSA) is 118 Å². The van der Waals surface area contributed by atoms with E-state index in [4.69, 9.17) is 0 Å². The lowest BCUT2D eigenvalue weighted by Crippen LogP contribution is -2.33. The van der Waals surface area contributed by atoms with Crippen molar-refractivity contribution < 1.29 is 4.79 Å². The van der Waals surface area contributed by atoms with Crippen LogP contribution in [0, 0.1) is 5.92 Å². The summed E-state index contributed by atoms with van der Waals surface area (Å²) in [4.78, 5) is 30.0. The van der Waals surface area contributed by atoms with Crippen LogP contribution in [-0.2, 0) is 13.0 Å². The molecule has 2 aromatic heterocycles. The van der Waals surface area contributed by atoms with E-state index in [0.717, 1.165) is 50.3 Å². The van der Waals surface area contributed by atoms with Gasteiger partial charge < -0.3 is 20.2 Å². The highest BCUT2D eigenvalue weighted by Crippen LogP contribution is 2.21. The molecule has 1 aliphatic heterocycles. The van der Waals surface area contributed by atoms with E-state index in [1.165, 1.54) is 6.20 Å². The van der Waals surface area contributed by atoms with E-state index in [1.54, 1.807) is 0 Å². The summed E-state index contributed by atoms with van der Waals surface area (Å²) in [6, 6.07) is -0.263. The van der Waals surface area contributed by atoms with Gasteiger partial charge in [0.1, 0.15) is 11.5 Å². The number of rotatable bonds is 5. The summed E-state index contributed by atoms with van der Waals surface area (Å²) in [5.74, 6) is 1.73. The Morgan fingerprint density at radius 2 is 2.20 bits per heavy atom. The van der Waals surface area contributed by atoms with Crippen molar-refractivity contribution in [3.8, 4) is 0 Å². The first-order valence-corrected chi connectivity index (χ1v) is 8.53. The smallest absolute Gasteiger partial charge is 0.271 e. The van der Waals surface area contributed by atoms with Crippen molar-refractivity contribution in [2.45, 2.75) is 39.3 Å². The van der Waals surface area contributed by atoms with Crippen LogP contribution in [-0.4, -0.2) is 43.7 Å². The largest absolute Gasteiger partial charge is 0.341 e. The molecular formula is C16H23N7O2. The Hall–Kier alpha value is -2.55. The second-order valence-corrected chi connectivity index (χ2v) is 6.58. The minimum absolute atomic E-state index is 0.172. The van der Waals surface area contributed by atoms with Crippen molar-refractivity contribution in [3.05, 3.63) is 40.1 Å². The second-order valence-electron chi connectivity index (χ2n) is 6.58. The fourth-order valence-corrected chi connectivity index (χ4v) is 2.95. The van der Waals surface area contributed by atoms with Crippen molar-refractivity contribution in [1.29, 1.82) is 0 Å². The molecule has 0 spiro atoms. The molecule has 0 radical (unpaired) electrons. The van der Waals surface area contributed by atoms with Crippen LogP contribution in [0.1, 0.15) is 48.4 Å². The SMILES string of the molecule is CC(C)C[C@@H](NC(=O)c1c[nH]c(=O)cn1)c1nnc2n1CCNCC2. The first-order chi connectivity index (χ1) is 12.0. The van der Waals surface area contributed by atoms with Crippen molar-refractivity contribution in [2.24, 2.45) is 5.92 Å². The summed E-state index contributed by atoms with van der Waals surface area (Å²) in [6.07, 6.45) is 3.97. The third kappa shape index (κ3) is 4.11. The van der Waals surface area contributed by atoms with Gasteiger partial charge in [-0.1, -0.05) is 13.8 Å². The molecule has 9 heteroatoms.